The highest BCUT2D eigenvalue weighted by atomic mass is 16.6. The van der Waals surface area contributed by atoms with Gasteiger partial charge >= 0.3 is 0 Å². The maximum absolute atomic E-state index is 12.4. The Hall–Kier alpha value is -3.74. The number of nitro benzene ring substituents is 1. The molecule has 3 aromatic rings. The van der Waals surface area contributed by atoms with E-state index >= 15 is 0 Å². The minimum Gasteiger partial charge on any atom is -0.350 e. The molecular formula is C19H16N4O3. The molecule has 7 heteroatoms. The van der Waals surface area contributed by atoms with Gasteiger partial charge in [-0.2, -0.15) is 0 Å². The molecule has 0 radical (unpaired) electrons. The van der Waals surface area contributed by atoms with E-state index in [2.05, 4.69) is 15.6 Å². The number of nitrogens with zero attached hydrogens (tertiary/aromatic N) is 2. The number of nitro groups is 1. The van der Waals surface area contributed by atoms with E-state index in [1.165, 1.54) is 18.2 Å². The lowest BCUT2D eigenvalue weighted by Crippen LogP contribution is -2.14. The normalized spacial score (nSPS) is 10.2. The van der Waals surface area contributed by atoms with Crippen molar-refractivity contribution in [3.05, 3.63) is 88.1 Å². The number of pyridine rings is 1. The molecule has 1 aromatic heterocycles. The number of anilines is 3. The molecule has 3 rings (SSSR count). The van der Waals surface area contributed by atoms with Gasteiger partial charge in [0.25, 0.3) is 11.6 Å². The van der Waals surface area contributed by atoms with E-state index in [9.17, 15) is 14.9 Å². The number of hydrogen-bond donors (Lipinski definition) is 2. The van der Waals surface area contributed by atoms with Crippen LogP contribution < -0.4 is 10.6 Å². The number of aromatic nitrogens is 1. The van der Waals surface area contributed by atoms with Gasteiger partial charge in [0.2, 0.25) is 0 Å². The fourth-order valence-corrected chi connectivity index (χ4v) is 2.40. The van der Waals surface area contributed by atoms with Gasteiger partial charge in [-0.15, -0.1) is 0 Å². The number of carbonyl (C=O) groups is 1. The van der Waals surface area contributed by atoms with Crippen LogP contribution in [0.25, 0.3) is 0 Å². The van der Waals surface area contributed by atoms with E-state index in [0.29, 0.717) is 11.5 Å². The van der Waals surface area contributed by atoms with Gasteiger partial charge in [0.15, 0.2) is 0 Å². The maximum Gasteiger partial charge on any atom is 0.293 e. The highest BCUT2D eigenvalue weighted by molar-refractivity contribution is 6.05. The molecule has 1 heterocycles. The molecule has 0 saturated heterocycles. The second-order valence-corrected chi connectivity index (χ2v) is 5.60. The number of hydrogen-bond acceptors (Lipinski definition) is 5. The molecule has 0 spiro atoms. The highest BCUT2D eigenvalue weighted by Crippen LogP contribution is 2.29. The number of carbonyl (C=O) groups excluding carboxylic acids is 1. The summed E-state index contributed by atoms with van der Waals surface area (Å²) in [6.07, 6.45) is 1.57. The molecule has 0 atom stereocenters. The van der Waals surface area contributed by atoms with E-state index in [0.717, 1.165) is 11.3 Å². The topological polar surface area (TPSA) is 97.2 Å². The Morgan fingerprint density at radius 2 is 1.85 bits per heavy atom. The Bertz CT molecular complexity index is 958. The third kappa shape index (κ3) is 3.84. The van der Waals surface area contributed by atoms with Gasteiger partial charge in [0.1, 0.15) is 11.5 Å². The van der Waals surface area contributed by atoms with Crippen LogP contribution in [-0.4, -0.2) is 15.8 Å². The predicted molar refractivity (Wildman–Crippen MR) is 99.7 cm³/mol. The van der Waals surface area contributed by atoms with Crippen LogP contribution in [0.3, 0.4) is 0 Å². The van der Waals surface area contributed by atoms with Gasteiger partial charge in [-0.1, -0.05) is 24.3 Å². The van der Waals surface area contributed by atoms with Gasteiger partial charge in [-0.05, 0) is 42.8 Å². The Balaban J connectivity index is 1.87. The summed E-state index contributed by atoms with van der Waals surface area (Å²) < 4.78 is 0. The first kappa shape index (κ1) is 17.1. The second-order valence-electron chi connectivity index (χ2n) is 5.60. The number of benzene rings is 2. The minimum atomic E-state index is -0.520. The largest absolute Gasteiger partial charge is 0.350 e. The van der Waals surface area contributed by atoms with E-state index in [1.807, 2.05) is 31.2 Å². The van der Waals surface area contributed by atoms with Crippen LogP contribution in [0, 0.1) is 17.0 Å². The second kappa shape index (κ2) is 7.43. The van der Waals surface area contributed by atoms with Crippen molar-refractivity contribution in [3.8, 4) is 0 Å². The van der Waals surface area contributed by atoms with Gasteiger partial charge in [-0.3, -0.25) is 14.9 Å². The van der Waals surface area contributed by atoms with Crippen LogP contribution in [0.2, 0.25) is 0 Å². The maximum atomic E-state index is 12.4. The summed E-state index contributed by atoms with van der Waals surface area (Å²) in [5.74, 6) is -0.0344. The quantitative estimate of drug-likeness (QED) is 0.529. The average molecular weight is 348 g/mol. The van der Waals surface area contributed by atoms with Crippen molar-refractivity contribution in [3.63, 3.8) is 0 Å². The van der Waals surface area contributed by atoms with E-state index in [4.69, 9.17) is 0 Å². The lowest BCUT2D eigenvalue weighted by atomic mass is 10.1. The number of amides is 1. The SMILES string of the molecule is Cc1cccnc1NC(=O)c1ccc(Nc2ccccc2)c([N+](=O)[O-])c1. The molecule has 0 unspecified atom stereocenters. The van der Waals surface area contributed by atoms with Crippen molar-refractivity contribution in [2.45, 2.75) is 6.92 Å². The summed E-state index contributed by atoms with van der Waals surface area (Å²) in [6, 6.07) is 17.0. The molecule has 0 saturated carbocycles. The Labute approximate surface area is 149 Å². The summed E-state index contributed by atoms with van der Waals surface area (Å²) in [7, 11) is 0. The number of rotatable bonds is 5. The van der Waals surface area contributed by atoms with Crippen LogP contribution >= 0.6 is 0 Å². The first-order valence-corrected chi connectivity index (χ1v) is 7.88. The fraction of sp³-hybridized carbons (Fsp3) is 0.0526. The van der Waals surface area contributed by atoms with Crippen molar-refractivity contribution in [2.75, 3.05) is 10.6 Å². The van der Waals surface area contributed by atoms with Crippen LogP contribution in [0.1, 0.15) is 15.9 Å². The fourth-order valence-electron chi connectivity index (χ4n) is 2.40. The predicted octanol–water partition coefficient (Wildman–Crippen LogP) is 4.29. The molecule has 130 valence electrons. The molecule has 7 nitrogen and oxygen atoms in total. The zero-order chi connectivity index (χ0) is 18.5. The van der Waals surface area contributed by atoms with Crippen LogP contribution in [-0.2, 0) is 0 Å². The lowest BCUT2D eigenvalue weighted by molar-refractivity contribution is -0.383. The third-order valence-electron chi connectivity index (χ3n) is 3.75. The summed E-state index contributed by atoms with van der Waals surface area (Å²) in [4.78, 5) is 27.4. The first-order valence-electron chi connectivity index (χ1n) is 7.88. The molecule has 0 aliphatic heterocycles. The molecule has 1 amide bonds. The van der Waals surface area contributed by atoms with Gasteiger partial charge in [0, 0.05) is 23.5 Å². The van der Waals surface area contributed by atoms with Crippen molar-refractivity contribution in [2.24, 2.45) is 0 Å². The van der Waals surface area contributed by atoms with Gasteiger partial charge in [-0.25, -0.2) is 4.98 Å². The zero-order valence-electron chi connectivity index (χ0n) is 14.0. The molecular weight excluding hydrogens is 332 g/mol. The van der Waals surface area contributed by atoms with E-state index < -0.39 is 10.8 Å². The number of nitrogens with one attached hydrogen (secondary N) is 2. The summed E-state index contributed by atoms with van der Waals surface area (Å²) in [6.45, 7) is 1.82. The monoisotopic (exact) mass is 348 g/mol. The van der Waals surface area contributed by atoms with Gasteiger partial charge < -0.3 is 10.6 Å². The van der Waals surface area contributed by atoms with Crippen LogP contribution in [0.5, 0.6) is 0 Å². The summed E-state index contributed by atoms with van der Waals surface area (Å²) in [5, 5.41) is 17.1. The van der Waals surface area contributed by atoms with Crippen molar-refractivity contribution in [1.29, 1.82) is 0 Å². The molecule has 26 heavy (non-hydrogen) atoms. The van der Waals surface area contributed by atoms with Crippen LogP contribution in [0.15, 0.2) is 66.9 Å². The highest BCUT2D eigenvalue weighted by Gasteiger charge is 2.18. The lowest BCUT2D eigenvalue weighted by Gasteiger charge is -2.10. The standard InChI is InChI=1S/C19H16N4O3/c1-13-6-5-11-20-18(13)22-19(24)14-9-10-16(17(12-14)23(25)26)21-15-7-3-2-4-8-15/h2-12,21H,1H3,(H,20,22,24). The molecule has 0 aliphatic carbocycles. The molecule has 2 aromatic carbocycles. The van der Waals surface area contributed by atoms with Gasteiger partial charge in [0.05, 0.1) is 4.92 Å². The number of para-hydroxylation sites is 1. The first-order chi connectivity index (χ1) is 12.5. The van der Waals surface area contributed by atoms with Crippen molar-refractivity contribution in [1.82, 2.24) is 4.98 Å². The Morgan fingerprint density at radius 1 is 1.08 bits per heavy atom. The molecule has 0 aliphatic rings. The van der Waals surface area contributed by atoms with Crippen molar-refractivity contribution >= 4 is 28.8 Å². The van der Waals surface area contributed by atoms with Crippen molar-refractivity contribution < 1.29 is 9.72 Å². The minimum absolute atomic E-state index is 0.181. The zero-order valence-corrected chi connectivity index (χ0v) is 14.0. The Kier molecular flexibility index (Phi) is 4.89. The molecule has 2 N–H and O–H groups in total. The smallest absolute Gasteiger partial charge is 0.293 e. The summed E-state index contributed by atoms with van der Waals surface area (Å²) in [5.41, 5.74) is 1.83. The van der Waals surface area contributed by atoms with E-state index in [1.54, 1.807) is 24.4 Å². The molecule has 0 fully saturated rings. The average Bonchev–Trinajstić information content (AvgIpc) is 2.64. The number of aryl methyl sites for hydroxylation is 1. The third-order valence-corrected chi connectivity index (χ3v) is 3.75. The van der Waals surface area contributed by atoms with Crippen LogP contribution in [0.4, 0.5) is 22.9 Å². The van der Waals surface area contributed by atoms with E-state index in [-0.39, 0.29) is 11.3 Å². The molecule has 0 bridgehead atoms. The Morgan fingerprint density at radius 3 is 2.54 bits per heavy atom. The summed E-state index contributed by atoms with van der Waals surface area (Å²) >= 11 is 0.